The molecule has 2 aromatic rings. The third kappa shape index (κ3) is 4.58. The van der Waals surface area contributed by atoms with Gasteiger partial charge in [-0.2, -0.15) is 8.42 Å². The lowest BCUT2D eigenvalue weighted by Crippen LogP contribution is -2.26. The largest absolute Gasteiger partial charge is 0.296 e. The summed E-state index contributed by atoms with van der Waals surface area (Å²) in [7, 11) is -3.73. The first kappa shape index (κ1) is 20.0. The zero-order valence-corrected chi connectivity index (χ0v) is 16.9. The summed E-state index contributed by atoms with van der Waals surface area (Å²) < 4.78 is 43.6. The molecule has 0 N–H and O–H groups in total. The summed E-state index contributed by atoms with van der Waals surface area (Å²) in [6.07, 6.45) is 2.42. The number of rotatable bonds is 6. The molecule has 0 spiro atoms. The minimum Gasteiger partial charge on any atom is -0.266 e. The highest BCUT2D eigenvalue weighted by Crippen LogP contribution is 2.42. The van der Waals surface area contributed by atoms with E-state index in [-0.39, 0.29) is 17.3 Å². The van der Waals surface area contributed by atoms with E-state index in [9.17, 15) is 12.8 Å². The molecule has 0 heterocycles. The van der Waals surface area contributed by atoms with Gasteiger partial charge in [-0.1, -0.05) is 37.6 Å². The molecule has 0 unspecified atom stereocenters. The first-order valence-electron chi connectivity index (χ1n) is 9.52. The molecule has 146 valence electrons. The molecule has 27 heavy (non-hydrogen) atoms. The molecule has 1 aliphatic rings. The van der Waals surface area contributed by atoms with Crippen LogP contribution in [0.2, 0.25) is 0 Å². The van der Waals surface area contributed by atoms with Crippen LogP contribution in [0.25, 0.3) is 0 Å². The number of hydrogen-bond acceptors (Lipinski definition) is 3. The topological polar surface area (TPSA) is 43.4 Å². The smallest absolute Gasteiger partial charge is 0.266 e. The van der Waals surface area contributed by atoms with Crippen molar-refractivity contribution in [3.8, 4) is 0 Å². The number of aryl methyl sites for hydroxylation is 2. The van der Waals surface area contributed by atoms with E-state index in [1.54, 1.807) is 30.3 Å². The molecule has 3 rings (SSSR count). The van der Waals surface area contributed by atoms with Gasteiger partial charge in [0.1, 0.15) is 5.82 Å². The predicted molar refractivity (Wildman–Crippen MR) is 105 cm³/mol. The van der Waals surface area contributed by atoms with Crippen LogP contribution in [0.5, 0.6) is 0 Å². The van der Waals surface area contributed by atoms with Crippen LogP contribution < -0.4 is 0 Å². The summed E-state index contributed by atoms with van der Waals surface area (Å²) in [6, 6.07) is 11.7. The number of fused-ring (bicyclic) bond motifs is 1. The van der Waals surface area contributed by atoms with Crippen LogP contribution in [0.3, 0.4) is 0 Å². The minimum absolute atomic E-state index is 0.167. The molecule has 0 amide bonds. The fourth-order valence-electron chi connectivity index (χ4n) is 4.20. The Hall–Kier alpha value is -1.72. The molecule has 3 nitrogen and oxygen atoms in total. The Morgan fingerprint density at radius 1 is 1.15 bits per heavy atom. The molecule has 0 saturated heterocycles. The van der Waals surface area contributed by atoms with E-state index in [0.29, 0.717) is 24.2 Å². The van der Waals surface area contributed by atoms with Gasteiger partial charge in [0.2, 0.25) is 0 Å². The molecule has 2 atom stereocenters. The van der Waals surface area contributed by atoms with Crippen LogP contribution in [0.15, 0.2) is 47.4 Å². The summed E-state index contributed by atoms with van der Waals surface area (Å²) in [5.41, 5.74) is 3.29. The third-order valence-corrected chi connectivity index (χ3v) is 6.84. The molecule has 0 aliphatic heterocycles. The second-order valence-corrected chi connectivity index (χ2v) is 9.40. The SMILES string of the molecule is Cc1ccc(S(=O)(=O)OCC[C@@H]2CCc3cc(F)ccc3[C@H]2C(C)C)cc1. The van der Waals surface area contributed by atoms with E-state index in [2.05, 4.69) is 13.8 Å². The Labute approximate surface area is 161 Å². The fraction of sp³-hybridized carbons (Fsp3) is 0.455. The Morgan fingerprint density at radius 2 is 1.85 bits per heavy atom. The third-order valence-electron chi connectivity index (χ3n) is 5.51. The van der Waals surface area contributed by atoms with Crippen molar-refractivity contribution in [2.45, 2.75) is 50.8 Å². The molecule has 0 saturated carbocycles. The Kier molecular flexibility index (Phi) is 6.02. The summed E-state index contributed by atoms with van der Waals surface area (Å²) in [6.45, 7) is 6.41. The maximum absolute atomic E-state index is 13.6. The second kappa shape index (κ2) is 8.11. The molecule has 2 aromatic carbocycles. The van der Waals surface area contributed by atoms with Crippen LogP contribution in [-0.4, -0.2) is 15.0 Å². The van der Waals surface area contributed by atoms with Crippen molar-refractivity contribution >= 4 is 10.1 Å². The Morgan fingerprint density at radius 3 is 2.52 bits per heavy atom. The highest BCUT2D eigenvalue weighted by atomic mass is 32.2. The van der Waals surface area contributed by atoms with Gasteiger partial charge in [-0.05, 0) is 79.3 Å². The zero-order valence-electron chi connectivity index (χ0n) is 16.1. The average molecular weight is 391 g/mol. The van der Waals surface area contributed by atoms with Gasteiger partial charge in [-0.25, -0.2) is 4.39 Å². The van der Waals surface area contributed by atoms with Crippen molar-refractivity contribution in [3.63, 3.8) is 0 Å². The monoisotopic (exact) mass is 390 g/mol. The number of halogens is 1. The van der Waals surface area contributed by atoms with Crippen LogP contribution in [-0.2, 0) is 20.7 Å². The molecule has 1 aliphatic carbocycles. The number of benzene rings is 2. The van der Waals surface area contributed by atoms with Gasteiger partial charge >= 0.3 is 0 Å². The maximum Gasteiger partial charge on any atom is 0.296 e. The lowest BCUT2D eigenvalue weighted by Gasteiger charge is -2.36. The lowest BCUT2D eigenvalue weighted by atomic mass is 9.69. The zero-order chi connectivity index (χ0) is 19.6. The molecule has 0 radical (unpaired) electrons. The Balaban J connectivity index is 1.68. The molecular weight excluding hydrogens is 363 g/mol. The van der Waals surface area contributed by atoms with Crippen molar-refractivity contribution in [2.75, 3.05) is 6.61 Å². The summed E-state index contributed by atoms with van der Waals surface area (Å²) in [5, 5.41) is 0. The van der Waals surface area contributed by atoms with Gasteiger partial charge < -0.3 is 0 Å². The molecule has 0 aromatic heterocycles. The van der Waals surface area contributed by atoms with E-state index in [0.717, 1.165) is 24.0 Å². The normalized spacial score (nSPS) is 19.9. The average Bonchev–Trinajstić information content (AvgIpc) is 2.61. The van der Waals surface area contributed by atoms with Crippen LogP contribution in [0.4, 0.5) is 4.39 Å². The van der Waals surface area contributed by atoms with Gasteiger partial charge in [0, 0.05) is 0 Å². The standard InChI is InChI=1S/C22H27FO3S/c1-15(2)22-17(6-7-18-14-19(23)8-11-21(18)22)12-13-26-27(24,25)20-9-4-16(3)5-10-20/h4-5,8-11,14-15,17,22H,6-7,12-13H2,1-3H3/t17-,22-/m0/s1. The fourth-order valence-corrected chi connectivity index (χ4v) is 5.12. The molecule has 0 fully saturated rings. The first-order chi connectivity index (χ1) is 12.8. The maximum atomic E-state index is 13.6. The number of hydrogen-bond donors (Lipinski definition) is 0. The van der Waals surface area contributed by atoms with E-state index < -0.39 is 10.1 Å². The van der Waals surface area contributed by atoms with Crippen LogP contribution in [0, 0.1) is 24.6 Å². The van der Waals surface area contributed by atoms with E-state index in [1.807, 2.05) is 13.0 Å². The van der Waals surface area contributed by atoms with Gasteiger partial charge in [0.25, 0.3) is 10.1 Å². The van der Waals surface area contributed by atoms with Gasteiger partial charge in [-0.15, -0.1) is 0 Å². The second-order valence-electron chi connectivity index (χ2n) is 7.79. The molecule has 5 heteroatoms. The van der Waals surface area contributed by atoms with Crippen molar-refractivity contribution in [2.24, 2.45) is 11.8 Å². The van der Waals surface area contributed by atoms with Gasteiger partial charge in [0.15, 0.2) is 0 Å². The van der Waals surface area contributed by atoms with Crippen LogP contribution >= 0.6 is 0 Å². The quantitative estimate of drug-likeness (QED) is 0.634. The highest BCUT2D eigenvalue weighted by molar-refractivity contribution is 7.86. The van der Waals surface area contributed by atoms with Gasteiger partial charge in [-0.3, -0.25) is 4.18 Å². The van der Waals surface area contributed by atoms with Crippen molar-refractivity contribution < 1.29 is 17.0 Å². The first-order valence-corrected chi connectivity index (χ1v) is 10.9. The van der Waals surface area contributed by atoms with E-state index in [1.165, 1.54) is 11.6 Å². The van der Waals surface area contributed by atoms with E-state index >= 15 is 0 Å². The minimum atomic E-state index is -3.73. The lowest BCUT2D eigenvalue weighted by molar-refractivity contribution is 0.227. The predicted octanol–water partition coefficient (Wildman–Crippen LogP) is 5.23. The van der Waals surface area contributed by atoms with Crippen molar-refractivity contribution in [1.82, 2.24) is 0 Å². The van der Waals surface area contributed by atoms with Gasteiger partial charge in [0.05, 0.1) is 11.5 Å². The highest BCUT2D eigenvalue weighted by Gasteiger charge is 2.32. The van der Waals surface area contributed by atoms with Crippen molar-refractivity contribution in [1.29, 1.82) is 0 Å². The van der Waals surface area contributed by atoms with Crippen LogP contribution in [0.1, 0.15) is 49.3 Å². The van der Waals surface area contributed by atoms with E-state index in [4.69, 9.17) is 4.18 Å². The van der Waals surface area contributed by atoms with Crippen molar-refractivity contribution in [3.05, 3.63) is 65.0 Å². The summed E-state index contributed by atoms with van der Waals surface area (Å²) >= 11 is 0. The molecule has 0 bridgehead atoms. The summed E-state index contributed by atoms with van der Waals surface area (Å²) in [4.78, 5) is 0.193. The Bertz CT molecular complexity index is 888. The molecular formula is C22H27FO3S. The summed E-state index contributed by atoms with van der Waals surface area (Å²) in [5.74, 6) is 0.826.